The van der Waals surface area contributed by atoms with Crippen LogP contribution in [0.5, 0.6) is 0 Å². The minimum absolute atomic E-state index is 0.493. The molecule has 6 aromatic carbocycles. The van der Waals surface area contributed by atoms with E-state index in [1.165, 1.54) is 0 Å². The molecule has 0 aliphatic carbocycles. The lowest BCUT2D eigenvalue weighted by Gasteiger charge is -2.13. The van der Waals surface area contributed by atoms with Gasteiger partial charge in [0.05, 0.1) is 57.3 Å². The minimum Gasteiger partial charge on any atom is -0.467 e. The summed E-state index contributed by atoms with van der Waals surface area (Å²) in [5.41, 5.74) is 8.87. The fourth-order valence-electron chi connectivity index (χ4n) is 6.89. The van der Waals surface area contributed by atoms with Crippen LogP contribution in [0.4, 0.5) is 5.69 Å². The number of hydrogen-bond donors (Lipinski definition) is 0. The highest BCUT2D eigenvalue weighted by atomic mass is 16.3. The Balaban J connectivity index is 1.39. The lowest BCUT2D eigenvalue weighted by atomic mass is 10.1. The van der Waals surface area contributed by atoms with Crippen LogP contribution >= 0.6 is 0 Å². The van der Waals surface area contributed by atoms with Gasteiger partial charge in [0, 0.05) is 38.3 Å². The number of para-hydroxylation sites is 2. The second-order valence-corrected chi connectivity index (χ2v) is 11.1. The third-order valence-electron chi connectivity index (χ3n) is 8.76. The largest absolute Gasteiger partial charge is 0.467 e. The van der Waals surface area contributed by atoms with E-state index >= 15 is 0 Å². The number of nitriles is 2. The van der Waals surface area contributed by atoms with Crippen molar-refractivity contribution in [3.8, 4) is 23.5 Å². The first kappa shape index (κ1) is 24.8. The van der Waals surface area contributed by atoms with Gasteiger partial charge in [-0.15, -0.1) is 0 Å². The van der Waals surface area contributed by atoms with E-state index in [1.807, 2.05) is 54.6 Å². The van der Waals surface area contributed by atoms with Crippen LogP contribution in [0.25, 0.3) is 81.8 Å². The first-order valence-electron chi connectivity index (χ1n) is 14.4. The van der Waals surface area contributed by atoms with Gasteiger partial charge in [-0.2, -0.15) is 10.5 Å². The lowest BCUT2D eigenvalue weighted by molar-refractivity contribution is 0.671. The molecule has 6 nitrogen and oxygen atoms in total. The molecule has 0 bridgehead atoms. The Hall–Kier alpha value is -6.81. The molecular weight excluding hydrogens is 554 g/mol. The first-order chi connectivity index (χ1) is 22.2. The van der Waals surface area contributed by atoms with Crippen molar-refractivity contribution in [2.75, 3.05) is 0 Å². The van der Waals surface area contributed by atoms with Crippen LogP contribution in [-0.4, -0.2) is 9.13 Å². The highest BCUT2D eigenvalue weighted by Gasteiger charge is 2.21. The smallest absolute Gasteiger partial charge is 0.229 e. The zero-order valence-corrected chi connectivity index (χ0v) is 23.6. The maximum Gasteiger partial charge on any atom is 0.229 e. The standard InChI is InChI=1S/C39H19N5O/c1-42-32-10-5-9-29-37-36(45-39(29)32)17-14-28-27-8-2-3-11-33(27)44(38(28)37)26-7-4-6-25(20-26)43-34-15-12-23(21-40)18-30(34)31-19-24(22-41)13-16-35(31)43/h2-20H. The molecule has 0 atom stereocenters. The van der Waals surface area contributed by atoms with Crippen molar-refractivity contribution in [3.05, 3.63) is 138 Å². The normalized spacial score (nSPS) is 11.5. The van der Waals surface area contributed by atoms with Crippen molar-refractivity contribution in [2.24, 2.45) is 0 Å². The Bertz CT molecular complexity index is 2790. The summed E-state index contributed by atoms with van der Waals surface area (Å²) >= 11 is 0. The fraction of sp³-hybridized carbons (Fsp3) is 0. The van der Waals surface area contributed by atoms with Crippen molar-refractivity contribution in [1.82, 2.24) is 9.13 Å². The maximum atomic E-state index is 9.63. The molecule has 0 fully saturated rings. The topological polar surface area (TPSA) is 74.9 Å². The van der Waals surface area contributed by atoms with Gasteiger partial charge in [-0.25, -0.2) is 4.85 Å². The molecule has 0 saturated carbocycles. The van der Waals surface area contributed by atoms with Crippen LogP contribution in [-0.2, 0) is 0 Å². The van der Waals surface area contributed by atoms with Gasteiger partial charge in [0.1, 0.15) is 11.2 Å². The average Bonchev–Trinajstić information content (AvgIpc) is 3.75. The molecule has 0 saturated heterocycles. The number of aromatic nitrogens is 2. The van der Waals surface area contributed by atoms with Crippen molar-refractivity contribution in [3.63, 3.8) is 0 Å². The molecule has 45 heavy (non-hydrogen) atoms. The molecular formula is C39H19N5O. The minimum atomic E-state index is 0.493. The fourth-order valence-corrected chi connectivity index (χ4v) is 6.89. The average molecular weight is 574 g/mol. The molecule has 0 N–H and O–H groups in total. The molecule has 9 rings (SSSR count). The van der Waals surface area contributed by atoms with Crippen molar-refractivity contribution >= 4 is 71.2 Å². The van der Waals surface area contributed by atoms with Gasteiger partial charge in [-0.1, -0.05) is 42.5 Å². The maximum absolute atomic E-state index is 9.63. The van der Waals surface area contributed by atoms with E-state index in [-0.39, 0.29) is 0 Å². The van der Waals surface area contributed by atoms with Crippen LogP contribution in [0, 0.1) is 29.2 Å². The molecule has 9 aromatic rings. The third-order valence-corrected chi connectivity index (χ3v) is 8.76. The molecule has 0 spiro atoms. The van der Waals surface area contributed by atoms with Crippen LogP contribution in [0.15, 0.2) is 120 Å². The zero-order chi connectivity index (χ0) is 30.2. The van der Waals surface area contributed by atoms with E-state index in [2.05, 4.69) is 80.7 Å². The Morgan fingerprint density at radius 3 is 1.93 bits per heavy atom. The summed E-state index contributed by atoms with van der Waals surface area (Å²) in [6.45, 7) is 7.70. The van der Waals surface area contributed by atoms with Crippen LogP contribution in [0.3, 0.4) is 0 Å². The van der Waals surface area contributed by atoms with Gasteiger partial charge >= 0.3 is 0 Å². The van der Waals surface area contributed by atoms with Gasteiger partial charge in [0.15, 0.2) is 0 Å². The summed E-state index contributed by atoms with van der Waals surface area (Å²) in [6, 6.07) is 42.5. The Morgan fingerprint density at radius 1 is 0.578 bits per heavy atom. The van der Waals surface area contributed by atoms with E-state index in [1.54, 1.807) is 6.07 Å². The second kappa shape index (κ2) is 9.09. The van der Waals surface area contributed by atoms with Gasteiger partial charge in [-0.3, -0.25) is 0 Å². The predicted octanol–water partition coefficient (Wildman–Crippen LogP) is 10.1. The van der Waals surface area contributed by atoms with Gasteiger partial charge in [-0.05, 0) is 72.8 Å². The predicted molar refractivity (Wildman–Crippen MR) is 178 cm³/mol. The Kier molecular flexibility index (Phi) is 5.00. The molecule has 206 valence electrons. The molecule has 0 aliphatic rings. The van der Waals surface area contributed by atoms with E-state index < -0.39 is 0 Å². The number of nitrogens with zero attached hydrogens (tertiary/aromatic N) is 5. The summed E-state index contributed by atoms with van der Waals surface area (Å²) in [6.07, 6.45) is 0. The number of fused-ring (bicyclic) bond motifs is 10. The summed E-state index contributed by atoms with van der Waals surface area (Å²) in [5, 5.41) is 25.2. The second-order valence-electron chi connectivity index (χ2n) is 11.1. The van der Waals surface area contributed by atoms with Gasteiger partial charge in [0.2, 0.25) is 5.69 Å². The summed E-state index contributed by atoms with van der Waals surface area (Å²) in [5.74, 6) is 0. The quantitative estimate of drug-likeness (QED) is 0.193. The summed E-state index contributed by atoms with van der Waals surface area (Å²) in [7, 11) is 0. The highest BCUT2D eigenvalue weighted by Crippen LogP contribution is 2.43. The first-order valence-corrected chi connectivity index (χ1v) is 14.4. The van der Waals surface area contributed by atoms with Crippen molar-refractivity contribution < 1.29 is 4.42 Å². The number of furan rings is 1. The molecule has 6 heteroatoms. The SMILES string of the molecule is [C-]#[N+]c1cccc2c1oc1ccc3c4ccccc4n(-c4cccc(-n5c6ccc(C#N)cc6c6cc(C#N)ccc65)c4)c3c12. The third kappa shape index (κ3) is 3.35. The molecule has 0 amide bonds. The van der Waals surface area contributed by atoms with Crippen LogP contribution in [0.2, 0.25) is 0 Å². The zero-order valence-electron chi connectivity index (χ0n) is 23.6. The van der Waals surface area contributed by atoms with Crippen LogP contribution in [0.1, 0.15) is 11.1 Å². The highest BCUT2D eigenvalue weighted by molar-refractivity contribution is 6.25. The molecule has 0 aliphatic heterocycles. The van der Waals surface area contributed by atoms with Gasteiger partial charge in [0.25, 0.3) is 0 Å². The Labute approximate surface area is 256 Å². The van der Waals surface area contributed by atoms with E-state index in [4.69, 9.17) is 11.0 Å². The van der Waals surface area contributed by atoms with E-state index in [0.717, 1.165) is 71.3 Å². The van der Waals surface area contributed by atoms with E-state index in [9.17, 15) is 10.5 Å². The van der Waals surface area contributed by atoms with E-state index in [0.29, 0.717) is 22.4 Å². The van der Waals surface area contributed by atoms with Crippen molar-refractivity contribution in [2.45, 2.75) is 0 Å². The number of benzene rings is 6. The summed E-state index contributed by atoms with van der Waals surface area (Å²) in [4.78, 5) is 3.72. The molecule has 0 radical (unpaired) electrons. The Morgan fingerprint density at radius 2 is 1.22 bits per heavy atom. The molecule has 3 aromatic heterocycles. The van der Waals surface area contributed by atoms with Crippen LogP contribution < -0.4 is 0 Å². The molecule has 0 unspecified atom stereocenters. The summed E-state index contributed by atoms with van der Waals surface area (Å²) < 4.78 is 10.8. The number of rotatable bonds is 2. The van der Waals surface area contributed by atoms with Gasteiger partial charge < -0.3 is 13.6 Å². The number of hydrogen-bond acceptors (Lipinski definition) is 3. The monoisotopic (exact) mass is 573 g/mol. The lowest BCUT2D eigenvalue weighted by Crippen LogP contribution is -1.99. The van der Waals surface area contributed by atoms with Crippen molar-refractivity contribution in [1.29, 1.82) is 10.5 Å². The molecule has 3 heterocycles.